The number of anilines is 1. The van der Waals surface area contributed by atoms with Gasteiger partial charge in [-0.05, 0) is 54.8 Å². The number of aromatic nitrogens is 2. The highest BCUT2D eigenvalue weighted by Crippen LogP contribution is 2.27. The van der Waals surface area contributed by atoms with E-state index >= 15 is 0 Å². The number of aryl methyl sites for hydroxylation is 3. The van der Waals surface area contributed by atoms with E-state index in [9.17, 15) is 0 Å². The number of nitrogens with zero attached hydrogens (tertiary/aromatic N) is 3. The lowest BCUT2D eigenvalue weighted by atomic mass is 10.1. The molecule has 0 N–H and O–H groups in total. The summed E-state index contributed by atoms with van der Waals surface area (Å²) in [6.07, 6.45) is 0.955. The van der Waals surface area contributed by atoms with Gasteiger partial charge < -0.3 is 4.90 Å². The van der Waals surface area contributed by atoms with Crippen LogP contribution in [0.1, 0.15) is 37.7 Å². The second-order valence-electron chi connectivity index (χ2n) is 5.18. The Bertz CT molecular complexity index is 604. The van der Waals surface area contributed by atoms with Crippen LogP contribution < -0.4 is 4.90 Å². The zero-order valence-corrected chi connectivity index (χ0v) is 14.9. The predicted octanol–water partition coefficient (Wildman–Crippen LogP) is 4.56. The van der Waals surface area contributed by atoms with E-state index in [0.717, 1.165) is 31.7 Å². The van der Waals surface area contributed by atoms with Crippen LogP contribution in [0, 0.1) is 6.92 Å². The predicted molar refractivity (Wildman–Crippen MR) is 92.9 cm³/mol. The summed E-state index contributed by atoms with van der Waals surface area (Å²) in [6.45, 7) is 11.4. The van der Waals surface area contributed by atoms with Gasteiger partial charge >= 0.3 is 0 Å². The van der Waals surface area contributed by atoms with Crippen molar-refractivity contribution < 1.29 is 0 Å². The number of hydrogen-bond acceptors (Lipinski definition) is 2. The summed E-state index contributed by atoms with van der Waals surface area (Å²) < 4.78 is 3.28. The first-order valence-electron chi connectivity index (χ1n) is 7.66. The van der Waals surface area contributed by atoms with Crippen LogP contribution >= 0.6 is 15.9 Å². The number of hydrogen-bond donors (Lipinski definition) is 0. The van der Waals surface area contributed by atoms with Crippen LogP contribution in [0.4, 0.5) is 5.69 Å². The van der Waals surface area contributed by atoms with E-state index in [1.807, 2.05) is 0 Å². The third-order valence-electron chi connectivity index (χ3n) is 3.87. The number of rotatable bonds is 6. The molecular weight excluding hydrogens is 326 g/mol. The van der Waals surface area contributed by atoms with Crippen LogP contribution in [0.3, 0.4) is 0 Å². The molecule has 0 fully saturated rings. The number of para-hydroxylation sites is 1. The van der Waals surface area contributed by atoms with Crippen molar-refractivity contribution >= 4 is 21.6 Å². The Morgan fingerprint density at radius 3 is 2.48 bits per heavy atom. The molecule has 3 nitrogen and oxygen atoms in total. The van der Waals surface area contributed by atoms with Gasteiger partial charge in [-0.2, -0.15) is 5.10 Å². The smallest absolute Gasteiger partial charge is 0.0767 e. The van der Waals surface area contributed by atoms with E-state index in [-0.39, 0.29) is 0 Å². The van der Waals surface area contributed by atoms with Crippen molar-refractivity contribution in [2.75, 3.05) is 11.4 Å². The summed E-state index contributed by atoms with van der Waals surface area (Å²) in [5.74, 6) is 0. The number of benzene rings is 1. The second kappa shape index (κ2) is 7.12. The summed E-state index contributed by atoms with van der Waals surface area (Å²) in [5, 5.41) is 4.69. The first-order valence-corrected chi connectivity index (χ1v) is 8.46. The molecule has 0 bridgehead atoms. The molecule has 0 saturated heterocycles. The van der Waals surface area contributed by atoms with Crippen molar-refractivity contribution in [3.63, 3.8) is 0 Å². The van der Waals surface area contributed by atoms with E-state index in [2.05, 4.69) is 77.5 Å². The van der Waals surface area contributed by atoms with E-state index in [1.165, 1.54) is 21.4 Å². The topological polar surface area (TPSA) is 21.1 Å². The molecule has 1 heterocycles. The largest absolute Gasteiger partial charge is 0.366 e. The quantitative estimate of drug-likeness (QED) is 0.761. The van der Waals surface area contributed by atoms with E-state index in [0.29, 0.717) is 0 Å². The van der Waals surface area contributed by atoms with Gasteiger partial charge in [0.05, 0.1) is 22.4 Å². The van der Waals surface area contributed by atoms with Gasteiger partial charge in [0.15, 0.2) is 0 Å². The second-order valence-corrected chi connectivity index (χ2v) is 5.97. The average Bonchev–Trinajstić information content (AvgIpc) is 2.81. The lowest BCUT2D eigenvalue weighted by Gasteiger charge is -2.25. The van der Waals surface area contributed by atoms with Gasteiger partial charge in [0.25, 0.3) is 0 Å². The Morgan fingerprint density at radius 2 is 1.90 bits per heavy atom. The SMILES string of the molecule is CCc1nn(CC)c(CN(CC)c2ccccc2C)c1Br. The van der Waals surface area contributed by atoms with Crippen molar-refractivity contribution in [2.45, 2.75) is 47.2 Å². The fraction of sp³-hybridized carbons (Fsp3) is 0.471. The van der Waals surface area contributed by atoms with Crippen molar-refractivity contribution in [3.05, 3.63) is 45.7 Å². The summed E-state index contributed by atoms with van der Waals surface area (Å²) in [6, 6.07) is 8.56. The van der Waals surface area contributed by atoms with Crippen LogP contribution in [0.5, 0.6) is 0 Å². The molecule has 0 saturated carbocycles. The average molecular weight is 350 g/mol. The third-order valence-corrected chi connectivity index (χ3v) is 4.79. The highest BCUT2D eigenvalue weighted by atomic mass is 79.9. The molecule has 0 unspecified atom stereocenters. The zero-order chi connectivity index (χ0) is 15.4. The molecule has 2 rings (SSSR count). The van der Waals surface area contributed by atoms with Gasteiger partial charge in [0.1, 0.15) is 0 Å². The van der Waals surface area contributed by atoms with Gasteiger partial charge in [-0.1, -0.05) is 25.1 Å². The minimum Gasteiger partial charge on any atom is -0.366 e. The lowest BCUT2D eigenvalue weighted by Crippen LogP contribution is -2.24. The molecule has 0 radical (unpaired) electrons. The van der Waals surface area contributed by atoms with Crippen molar-refractivity contribution in [3.8, 4) is 0 Å². The van der Waals surface area contributed by atoms with E-state index < -0.39 is 0 Å². The Balaban J connectivity index is 2.35. The molecule has 21 heavy (non-hydrogen) atoms. The van der Waals surface area contributed by atoms with Gasteiger partial charge in [-0.3, -0.25) is 4.68 Å². The maximum atomic E-state index is 4.69. The molecule has 0 amide bonds. The highest BCUT2D eigenvalue weighted by Gasteiger charge is 2.17. The molecule has 1 aromatic heterocycles. The van der Waals surface area contributed by atoms with Crippen LogP contribution in [0.2, 0.25) is 0 Å². The van der Waals surface area contributed by atoms with Crippen molar-refractivity contribution in [2.24, 2.45) is 0 Å². The fourth-order valence-electron chi connectivity index (χ4n) is 2.63. The minimum absolute atomic E-state index is 0.878. The standard InChI is InChI=1S/C17H24BrN3/c1-5-14-17(18)16(21(7-3)19-14)12-20(6-2)15-11-9-8-10-13(15)4/h8-11H,5-7,12H2,1-4H3. The summed E-state index contributed by atoms with van der Waals surface area (Å²) in [4.78, 5) is 2.41. The molecule has 114 valence electrons. The first-order chi connectivity index (χ1) is 10.1. The van der Waals surface area contributed by atoms with Crippen LogP contribution in [-0.4, -0.2) is 16.3 Å². The van der Waals surface area contributed by atoms with E-state index in [1.54, 1.807) is 0 Å². The van der Waals surface area contributed by atoms with Crippen molar-refractivity contribution in [1.82, 2.24) is 9.78 Å². The molecule has 2 aromatic rings. The molecule has 1 aromatic carbocycles. The maximum Gasteiger partial charge on any atom is 0.0767 e. The summed E-state index contributed by atoms with van der Waals surface area (Å²) >= 11 is 3.74. The molecule has 4 heteroatoms. The molecule has 0 atom stereocenters. The minimum atomic E-state index is 0.878. The highest BCUT2D eigenvalue weighted by molar-refractivity contribution is 9.10. The maximum absolute atomic E-state index is 4.69. The van der Waals surface area contributed by atoms with E-state index in [4.69, 9.17) is 5.10 Å². The third kappa shape index (κ3) is 3.31. The van der Waals surface area contributed by atoms with Gasteiger partial charge in [-0.25, -0.2) is 0 Å². The molecule has 0 aliphatic heterocycles. The number of halogens is 1. The molecule has 0 aliphatic rings. The Morgan fingerprint density at radius 1 is 1.19 bits per heavy atom. The molecule has 0 aliphatic carbocycles. The Kier molecular flexibility index (Phi) is 5.45. The molecular formula is C17H24BrN3. The monoisotopic (exact) mass is 349 g/mol. The first kappa shape index (κ1) is 16.1. The van der Waals surface area contributed by atoms with Crippen LogP contribution in [0.25, 0.3) is 0 Å². The lowest BCUT2D eigenvalue weighted by molar-refractivity contribution is 0.604. The van der Waals surface area contributed by atoms with Gasteiger partial charge in [0.2, 0.25) is 0 Å². The van der Waals surface area contributed by atoms with Crippen LogP contribution in [-0.2, 0) is 19.5 Å². The Hall–Kier alpha value is -1.29. The van der Waals surface area contributed by atoms with Gasteiger partial charge in [0, 0.05) is 18.8 Å². The zero-order valence-electron chi connectivity index (χ0n) is 13.4. The molecule has 0 spiro atoms. The Labute approximate surface area is 136 Å². The fourth-order valence-corrected chi connectivity index (χ4v) is 3.32. The summed E-state index contributed by atoms with van der Waals surface area (Å²) in [5.41, 5.74) is 5.02. The van der Waals surface area contributed by atoms with Crippen LogP contribution in [0.15, 0.2) is 28.7 Å². The van der Waals surface area contributed by atoms with Crippen molar-refractivity contribution in [1.29, 1.82) is 0 Å². The summed E-state index contributed by atoms with van der Waals surface area (Å²) in [7, 11) is 0. The van der Waals surface area contributed by atoms with Gasteiger partial charge in [-0.15, -0.1) is 0 Å². The normalized spacial score (nSPS) is 10.9.